The molecule has 0 aliphatic rings. The Balaban J connectivity index is 4.24. The number of carbonyl (C=O) groups excluding carboxylic acids is 2. The third-order valence-corrected chi connectivity index (χ3v) is 12.4. The maximum atomic E-state index is 12.8. The summed E-state index contributed by atoms with van der Waals surface area (Å²) < 4.78 is 34.1. The number of esters is 2. The smallest absolute Gasteiger partial charge is 0.306 e. The van der Waals surface area contributed by atoms with Gasteiger partial charge in [-0.05, 0) is 89.9 Å². The second kappa shape index (κ2) is 49.2. The Bertz CT molecular complexity index is 1420. The van der Waals surface area contributed by atoms with Gasteiger partial charge in [0.05, 0.1) is 27.7 Å². The minimum atomic E-state index is -4.64. The molecule has 0 aliphatic heterocycles. The maximum absolute atomic E-state index is 12.8. The summed E-state index contributed by atoms with van der Waals surface area (Å²) >= 11 is 0. The van der Waals surface area contributed by atoms with Crippen LogP contribution in [0, 0.1) is 0 Å². The summed E-state index contributed by atoms with van der Waals surface area (Å²) in [6, 6.07) is 0. The van der Waals surface area contributed by atoms with Crippen molar-refractivity contribution >= 4 is 19.8 Å². The van der Waals surface area contributed by atoms with Crippen LogP contribution in [-0.2, 0) is 32.7 Å². The van der Waals surface area contributed by atoms with Gasteiger partial charge in [-0.25, -0.2) is 0 Å². The summed E-state index contributed by atoms with van der Waals surface area (Å²) in [7, 11) is 1.15. The molecule has 0 fully saturated rings. The van der Waals surface area contributed by atoms with E-state index < -0.39 is 32.5 Å². The van der Waals surface area contributed by atoms with Gasteiger partial charge in [0.25, 0.3) is 7.82 Å². The van der Waals surface area contributed by atoms with Crippen molar-refractivity contribution < 1.29 is 42.1 Å². The van der Waals surface area contributed by atoms with E-state index in [0.717, 1.165) is 96.3 Å². The quantitative estimate of drug-likeness (QED) is 0.0195. The lowest BCUT2D eigenvalue weighted by molar-refractivity contribution is -0.870. The molecular weight excluding hydrogens is 870 g/mol. The average molecular weight is 972 g/mol. The Hall–Kier alpha value is -2.81. The predicted molar refractivity (Wildman–Crippen MR) is 286 cm³/mol. The lowest BCUT2D eigenvalue weighted by atomic mass is 10.1. The summed E-state index contributed by atoms with van der Waals surface area (Å²) in [5.74, 6) is -0.850. The first-order valence-corrected chi connectivity index (χ1v) is 28.8. The van der Waals surface area contributed by atoms with Crippen molar-refractivity contribution in [3.05, 3.63) is 85.1 Å². The Morgan fingerprint density at radius 1 is 0.471 bits per heavy atom. The molecule has 0 aromatic rings. The molecule has 2 atom stereocenters. The standard InChI is InChI=1S/C58H102NO8P/c1-6-8-10-12-14-16-18-20-22-24-25-26-27-28-29-30-31-32-33-35-37-39-41-43-45-47-49-51-58(61)67-56(55-66-68(62,63)65-53-52-59(3,4)5)54-64-57(60)50-48-46-44-42-40-38-36-34-23-21-19-17-15-13-11-9-7-2/h8,10,14,16,20-23,25-26,28-29,31-32,56H,6-7,9,11-13,15,17-19,24,27,30,33-55H2,1-5H3/b10-8-,16-14-,22-20-,23-21-,26-25-,29-28-,32-31-. The van der Waals surface area contributed by atoms with Gasteiger partial charge in [-0.3, -0.25) is 14.2 Å². The van der Waals surface area contributed by atoms with E-state index in [1.54, 1.807) is 0 Å². The Morgan fingerprint density at radius 3 is 1.26 bits per heavy atom. The molecule has 0 aromatic carbocycles. The molecule has 0 spiro atoms. The first-order valence-electron chi connectivity index (χ1n) is 27.3. The summed E-state index contributed by atoms with van der Waals surface area (Å²) in [5, 5.41) is 0. The summed E-state index contributed by atoms with van der Waals surface area (Å²) in [6.07, 6.45) is 64.7. The molecule has 0 saturated heterocycles. The topological polar surface area (TPSA) is 111 Å². The molecule has 9 nitrogen and oxygen atoms in total. The highest BCUT2D eigenvalue weighted by molar-refractivity contribution is 7.45. The van der Waals surface area contributed by atoms with E-state index in [1.165, 1.54) is 89.9 Å². The number of rotatable bonds is 49. The van der Waals surface area contributed by atoms with Gasteiger partial charge in [-0.15, -0.1) is 0 Å². The number of quaternary nitrogens is 1. The van der Waals surface area contributed by atoms with E-state index in [-0.39, 0.29) is 26.1 Å². The number of phosphoric acid groups is 1. The van der Waals surface area contributed by atoms with Crippen LogP contribution in [0.2, 0.25) is 0 Å². The predicted octanol–water partition coefficient (Wildman–Crippen LogP) is 16.1. The molecule has 2 unspecified atom stereocenters. The van der Waals surface area contributed by atoms with Crippen LogP contribution in [0.15, 0.2) is 85.1 Å². The molecule has 68 heavy (non-hydrogen) atoms. The van der Waals surface area contributed by atoms with E-state index in [4.69, 9.17) is 18.5 Å². The third-order valence-electron chi connectivity index (χ3n) is 11.4. The van der Waals surface area contributed by atoms with Crippen LogP contribution in [0.25, 0.3) is 0 Å². The molecule has 0 saturated carbocycles. The summed E-state index contributed by atoms with van der Waals surface area (Å²) in [4.78, 5) is 37.8. The van der Waals surface area contributed by atoms with Crippen molar-refractivity contribution in [2.24, 2.45) is 0 Å². The number of hydrogen-bond donors (Lipinski definition) is 0. The second-order valence-corrected chi connectivity index (χ2v) is 20.6. The van der Waals surface area contributed by atoms with Gasteiger partial charge in [-0.2, -0.15) is 0 Å². The summed E-state index contributed by atoms with van der Waals surface area (Å²) in [6.45, 7) is 4.10. The van der Waals surface area contributed by atoms with Crippen molar-refractivity contribution in [3.8, 4) is 0 Å². The largest absolute Gasteiger partial charge is 0.756 e. The van der Waals surface area contributed by atoms with Crippen molar-refractivity contribution in [1.29, 1.82) is 0 Å². The van der Waals surface area contributed by atoms with E-state index >= 15 is 0 Å². The summed E-state index contributed by atoms with van der Waals surface area (Å²) in [5.41, 5.74) is 0. The van der Waals surface area contributed by atoms with Gasteiger partial charge in [0.1, 0.15) is 19.8 Å². The molecule has 0 rings (SSSR count). The number of allylic oxidation sites excluding steroid dienone is 14. The SMILES string of the molecule is CC/C=C\C/C=C\C/C=C\C/C=C\C/C=C\C/C=C\CCCCCCCCCCC(=O)OC(COC(=O)CCCCCCCCC/C=C\CCCCCCCC)COP(=O)([O-])OCC[N+](C)(C)C. The average Bonchev–Trinajstić information content (AvgIpc) is 3.30. The number of nitrogens with zero attached hydrogens (tertiary/aromatic N) is 1. The van der Waals surface area contributed by atoms with Crippen LogP contribution in [0.1, 0.15) is 219 Å². The Kier molecular flexibility index (Phi) is 47.2. The first-order chi connectivity index (χ1) is 33.0. The Morgan fingerprint density at radius 2 is 0.838 bits per heavy atom. The lowest BCUT2D eigenvalue weighted by Gasteiger charge is -2.28. The molecule has 0 bridgehead atoms. The zero-order chi connectivity index (χ0) is 49.9. The highest BCUT2D eigenvalue weighted by atomic mass is 31.2. The minimum absolute atomic E-state index is 0.0370. The normalized spacial score (nSPS) is 14.0. The van der Waals surface area contributed by atoms with Crippen LogP contribution in [0.3, 0.4) is 0 Å². The van der Waals surface area contributed by atoms with Crippen LogP contribution in [0.4, 0.5) is 0 Å². The van der Waals surface area contributed by atoms with Gasteiger partial charge in [0, 0.05) is 12.8 Å². The Labute approximate surface area is 418 Å². The highest BCUT2D eigenvalue weighted by Gasteiger charge is 2.21. The van der Waals surface area contributed by atoms with E-state index in [1.807, 2.05) is 21.1 Å². The monoisotopic (exact) mass is 972 g/mol. The van der Waals surface area contributed by atoms with Crippen LogP contribution in [-0.4, -0.2) is 70.0 Å². The molecule has 0 heterocycles. The number of ether oxygens (including phenoxy) is 2. The number of carbonyl (C=O) groups is 2. The van der Waals surface area contributed by atoms with Crippen LogP contribution in [0.5, 0.6) is 0 Å². The molecule has 392 valence electrons. The fourth-order valence-electron chi connectivity index (χ4n) is 7.18. The van der Waals surface area contributed by atoms with Crippen LogP contribution >= 0.6 is 7.82 Å². The molecule has 10 heteroatoms. The minimum Gasteiger partial charge on any atom is -0.756 e. The lowest BCUT2D eigenvalue weighted by Crippen LogP contribution is -2.37. The van der Waals surface area contributed by atoms with Gasteiger partial charge < -0.3 is 27.9 Å². The van der Waals surface area contributed by atoms with Crippen molar-refractivity contribution in [3.63, 3.8) is 0 Å². The number of likely N-dealkylation sites (N-methyl/N-ethyl adjacent to an activating group) is 1. The molecule has 0 radical (unpaired) electrons. The van der Waals surface area contributed by atoms with E-state index in [0.29, 0.717) is 17.4 Å². The first kappa shape index (κ1) is 65.2. The number of hydrogen-bond acceptors (Lipinski definition) is 8. The maximum Gasteiger partial charge on any atom is 0.306 e. The second-order valence-electron chi connectivity index (χ2n) is 19.2. The van der Waals surface area contributed by atoms with E-state index in [9.17, 15) is 19.0 Å². The molecule has 0 aliphatic carbocycles. The molecule has 0 N–H and O–H groups in total. The van der Waals surface area contributed by atoms with Crippen molar-refractivity contribution in [2.75, 3.05) is 47.5 Å². The molecular formula is C58H102NO8P. The zero-order valence-electron chi connectivity index (χ0n) is 44.3. The highest BCUT2D eigenvalue weighted by Crippen LogP contribution is 2.38. The third kappa shape index (κ3) is 52.6. The fourth-order valence-corrected chi connectivity index (χ4v) is 7.91. The van der Waals surface area contributed by atoms with Gasteiger partial charge in [0.2, 0.25) is 0 Å². The molecule has 0 aromatic heterocycles. The van der Waals surface area contributed by atoms with Crippen LogP contribution < -0.4 is 4.89 Å². The fraction of sp³-hybridized carbons (Fsp3) is 0.724. The molecule has 0 amide bonds. The van der Waals surface area contributed by atoms with Gasteiger partial charge >= 0.3 is 11.9 Å². The number of phosphoric ester groups is 1. The van der Waals surface area contributed by atoms with Gasteiger partial charge in [0.15, 0.2) is 6.10 Å². The van der Waals surface area contributed by atoms with Crippen molar-refractivity contribution in [2.45, 2.75) is 225 Å². The van der Waals surface area contributed by atoms with Crippen molar-refractivity contribution in [1.82, 2.24) is 0 Å². The zero-order valence-corrected chi connectivity index (χ0v) is 45.2. The van der Waals surface area contributed by atoms with E-state index in [2.05, 4.69) is 98.9 Å². The number of unbranched alkanes of at least 4 members (excludes halogenated alkanes) is 21. The van der Waals surface area contributed by atoms with Gasteiger partial charge in [-0.1, -0.05) is 202 Å².